The maximum atomic E-state index is 17.2. The average Bonchev–Trinajstić information content (AvgIpc) is 3.09. The summed E-state index contributed by atoms with van der Waals surface area (Å²) in [4.78, 5) is 56.3. The van der Waals surface area contributed by atoms with E-state index >= 15 is 4.39 Å². The van der Waals surface area contributed by atoms with Crippen LogP contribution in [0.4, 0.5) is 16.0 Å². The number of hydrogen-bond donors (Lipinski definition) is 5. The molecule has 5 fully saturated rings. The Morgan fingerprint density at radius 1 is 0.952 bits per heavy atom. The van der Waals surface area contributed by atoms with Crippen molar-refractivity contribution in [3.63, 3.8) is 0 Å². The highest BCUT2D eigenvalue weighted by Gasteiger charge is 2.44. The number of likely N-dealkylation sites (tertiary alicyclic amines) is 2. The quantitative estimate of drug-likeness (QED) is 0.0576. The Morgan fingerprint density at radius 2 is 1.71 bits per heavy atom. The van der Waals surface area contributed by atoms with E-state index in [4.69, 9.17) is 24.2 Å². The third kappa shape index (κ3) is 11.7. The normalized spacial score (nSPS) is 22.0. The van der Waals surface area contributed by atoms with E-state index in [1.165, 1.54) is 4.90 Å². The average molecular weight is 1150 g/mol. The summed E-state index contributed by atoms with van der Waals surface area (Å²) < 4.78 is 29.4. The molecule has 12 rings (SSSR count). The van der Waals surface area contributed by atoms with E-state index in [0.29, 0.717) is 85.2 Å². The molecule has 0 spiro atoms. The number of nitrogens with zero attached hydrogens (tertiary/aromatic N) is 9. The molecule has 3 aromatic carbocycles. The molecule has 83 heavy (non-hydrogen) atoms. The number of aliphatic hydroxyl groups is 2. The summed E-state index contributed by atoms with van der Waals surface area (Å²) in [5, 5.41) is 47.0. The van der Waals surface area contributed by atoms with Crippen molar-refractivity contribution in [2.45, 2.75) is 134 Å². The van der Waals surface area contributed by atoms with Gasteiger partial charge in [-0.2, -0.15) is 9.97 Å². The van der Waals surface area contributed by atoms with Gasteiger partial charge < -0.3 is 49.9 Å². The van der Waals surface area contributed by atoms with Crippen molar-refractivity contribution in [2.24, 2.45) is 11.8 Å². The zero-order chi connectivity index (χ0) is 57.7. The number of aromatic nitrogens is 5. The number of anilines is 2. The molecule has 18 nitrogen and oxygen atoms in total. The Morgan fingerprint density at radius 3 is 2.42 bits per heavy atom. The number of amides is 2. The van der Waals surface area contributed by atoms with Crippen molar-refractivity contribution in [3.05, 3.63) is 101 Å². The van der Waals surface area contributed by atoms with Gasteiger partial charge >= 0.3 is 6.01 Å². The van der Waals surface area contributed by atoms with Crippen molar-refractivity contribution in [2.75, 3.05) is 68.8 Å². The second-order valence-electron chi connectivity index (χ2n) is 24.3. The number of phenolic OH excluding ortho intramolecular Hbond substituents is 1. The number of β-amino-alcohol motifs (C(OH)–C–C–N with tert-alkyl or cyclic N) is 1. The highest BCUT2D eigenvalue weighted by Crippen LogP contribution is 2.41. The third-order valence-electron chi connectivity index (χ3n) is 18.3. The molecule has 0 saturated carbocycles. The van der Waals surface area contributed by atoms with Gasteiger partial charge in [-0.15, -0.1) is 11.3 Å². The number of aliphatic hydroxyl groups excluding tert-OH is 1. The number of carbonyl (C=O) groups is 2. The van der Waals surface area contributed by atoms with Crippen molar-refractivity contribution >= 4 is 56.5 Å². The number of fused-ring (bicyclic) bond motifs is 4. The lowest BCUT2D eigenvalue weighted by Crippen LogP contribution is -2.51. The van der Waals surface area contributed by atoms with Crippen LogP contribution < -0.4 is 25.2 Å². The summed E-state index contributed by atoms with van der Waals surface area (Å²) in [7, 11) is 0. The lowest BCUT2D eigenvalue weighted by atomic mass is 9.79. The smallest absolute Gasteiger partial charge is 0.319 e. The molecule has 6 atom stereocenters. The highest BCUT2D eigenvalue weighted by molar-refractivity contribution is 7.13. The van der Waals surface area contributed by atoms with E-state index in [-0.39, 0.29) is 66.3 Å². The second-order valence-corrected chi connectivity index (χ2v) is 25.1. The summed E-state index contributed by atoms with van der Waals surface area (Å²) in [6, 6.07) is 18.6. The Labute approximate surface area is 487 Å². The number of piperidine rings is 2. The molecule has 20 heteroatoms. The van der Waals surface area contributed by atoms with Crippen LogP contribution in [0.25, 0.3) is 43.4 Å². The van der Waals surface area contributed by atoms with E-state index in [2.05, 4.69) is 42.4 Å². The van der Waals surface area contributed by atoms with Crippen LogP contribution >= 0.6 is 11.3 Å². The molecule has 0 radical (unpaired) electrons. The van der Waals surface area contributed by atoms with Gasteiger partial charge in [0.05, 0.1) is 39.2 Å². The molecule has 5 saturated heterocycles. The largest absolute Gasteiger partial charge is 0.508 e. The molecule has 5 aliphatic heterocycles. The Balaban J connectivity index is 0.643. The fourth-order valence-electron chi connectivity index (χ4n) is 13.7. The topological polar surface area (TPSA) is 219 Å². The number of phenols is 1. The predicted octanol–water partition coefficient (Wildman–Crippen LogP) is 8.70. The highest BCUT2D eigenvalue weighted by atomic mass is 32.1. The van der Waals surface area contributed by atoms with Crippen LogP contribution in [0.1, 0.15) is 114 Å². The molecule has 2 amide bonds. The number of aromatic hydroxyl groups is 1. The minimum atomic E-state index is -0.836. The van der Waals surface area contributed by atoms with E-state index in [0.717, 1.165) is 96.3 Å². The van der Waals surface area contributed by atoms with Crippen LogP contribution in [0.5, 0.6) is 11.8 Å². The summed E-state index contributed by atoms with van der Waals surface area (Å²) in [5.41, 5.74) is 5.79. The lowest BCUT2D eigenvalue weighted by Gasteiger charge is -2.41. The van der Waals surface area contributed by atoms with E-state index < -0.39 is 29.5 Å². The number of piperazine rings is 1. The van der Waals surface area contributed by atoms with Gasteiger partial charge in [0.25, 0.3) is 0 Å². The molecule has 2 unspecified atom stereocenters. The van der Waals surface area contributed by atoms with Gasteiger partial charge in [0.1, 0.15) is 41.3 Å². The minimum Gasteiger partial charge on any atom is -0.508 e. The number of rotatable bonds is 17. The standard InChI is InChI=1S/C63H76FN11O7S/c1-6-40-8-7-9-43-26-46(76)27-48(54(40)43)56-55(64)57-49(31-65-56)59(74-32-44-14-15-45(33-74)68-44)70-62(69-57)81-25-24-72-22-18-63(80,19-23-72)30-39-16-20-73(21-17-39)52-29-51(82-71-52)53(36(2)3)61(79)75-34-47(77)28-50(75)60(78)67-37(4)41-10-12-42(13-11-41)58-38(5)66-35-83-58/h7-13,26-27,29,31,35-37,39,44-45,47,50,53,68,76-77,80H,6,14-25,28,30,32-34H2,1-5H3,(H,67,78)/t37-,44?,45?,47+,50-,53-/m0/s1. The summed E-state index contributed by atoms with van der Waals surface area (Å²) in [6.45, 7) is 15.1. The number of thiazole rings is 1. The summed E-state index contributed by atoms with van der Waals surface area (Å²) in [5.74, 6) is -0.00711. The van der Waals surface area contributed by atoms with Gasteiger partial charge in [0.2, 0.25) is 11.8 Å². The van der Waals surface area contributed by atoms with Crippen molar-refractivity contribution in [1.29, 1.82) is 0 Å². The molecule has 0 aliphatic carbocycles. The van der Waals surface area contributed by atoms with Gasteiger partial charge in [-0.3, -0.25) is 19.5 Å². The minimum absolute atomic E-state index is 0.0306. The molecule has 4 aromatic heterocycles. The van der Waals surface area contributed by atoms with Gasteiger partial charge in [-0.1, -0.05) is 68.4 Å². The number of benzene rings is 3. The first-order chi connectivity index (χ1) is 40.1. The summed E-state index contributed by atoms with van der Waals surface area (Å²) in [6.07, 6.45) is 7.56. The molecule has 438 valence electrons. The molecule has 7 aromatic rings. The first kappa shape index (κ1) is 56.6. The first-order valence-electron chi connectivity index (χ1n) is 29.8. The van der Waals surface area contributed by atoms with E-state index in [1.54, 1.807) is 29.7 Å². The van der Waals surface area contributed by atoms with Crippen LogP contribution in [0.15, 0.2) is 76.9 Å². The third-order valence-corrected chi connectivity index (χ3v) is 19.3. The van der Waals surface area contributed by atoms with Crippen molar-refractivity contribution in [3.8, 4) is 33.5 Å². The molecule has 2 bridgehead atoms. The van der Waals surface area contributed by atoms with E-state index in [9.17, 15) is 24.9 Å². The lowest BCUT2D eigenvalue weighted by molar-refractivity contribution is -0.141. The van der Waals surface area contributed by atoms with Crippen LogP contribution in [0.2, 0.25) is 0 Å². The Kier molecular flexibility index (Phi) is 16.1. The molecular weight excluding hydrogens is 1070 g/mol. The number of nitrogens with one attached hydrogen (secondary N) is 2. The molecular formula is C63H76FN11O7S. The van der Waals surface area contributed by atoms with Gasteiger partial charge in [-0.25, -0.2) is 9.37 Å². The SMILES string of the molecule is CCc1cccc2cc(O)cc(-c3ncc4c(N5CC6CCC(C5)N6)nc(OCCN5CCC(O)(CC6CCN(c7cc([C@@H](C(=O)N8C[C@H](O)C[C@H]8C(=O)N[C@@H](C)c8ccc(-c9scnc9C)cc8)C(C)C)on7)CC6)CC5)nc4c3F)c12. The van der Waals surface area contributed by atoms with Crippen molar-refractivity contribution in [1.82, 2.24) is 45.5 Å². The zero-order valence-corrected chi connectivity index (χ0v) is 48.9. The van der Waals surface area contributed by atoms with Gasteiger partial charge in [-0.05, 0) is 117 Å². The van der Waals surface area contributed by atoms with Crippen LogP contribution in [-0.4, -0.2) is 151 Å². The molecule has 5 aliphatic rings. The number of aryl methyl sites for hydroxylation is 2. The fourth-order valence-corrected chi connectivity index (χ4v) is 14.5. The predicted molar refractivity (Wildman–Crippen MR) is 318 cm³/mol. The van der Waals surface area contributed by atoms with Crippen LogP contribution in [-0.2, 0) is 16.0 Å². The second kappa shape index (κ2) is 23.7. The molecule has 9 heterocycles. The molecule has 5 N–H and O–H groups in total. The first-order valence-corrected chi connectivity index (χ1v) is 30.7. The van der Waals surface area contributed by atoms with Crippen molar-refractivity contribution < 1.29 is 38.6 Å². The number of carbonyl (C=O) groups excluding carboxylic acids is 2. The van der Waals surface area contributed by atoms with Gasteiger partial charge in [0.15, 0.2) is 17.4 Å². The fraction of sp³-hybridized carbons (Fsp3) is 0.508. The number of pyridine rings is 1. The maximum absolute atomic E-state index is 17.2. The summed E-state index contributed by atoms with van der Waals surface area (Å²) >= 11 is 1.59. The van der Waals surface area contributed by atoms with Crippen LogP contribution in [0.3, 0.4) is 0 Å². The zero-order valence-electron chi connectivity index (χ0n) is 48.1. The van der Waals surface area contributed by atoms with Gasteiger partial charge in [0, 0.05) is 88.7 Å². The Bertz CT molecular complexity index is 3480. The number of hydrogen-bond acceptors (Lipinski definition) is 17. The monoisotopic (exact) mass is 1150 g/mol. The maximum Gasteiger partial charge on any atom is 0.319 e. The Hall–Kier alpha value is -6.84. The number of halogens is 1. The number of ether oxygens (including phenoxy) is 1. The van der Waals surface area contributed by atoms with Crippen LogP contribution in [0, 0.1) is 24.6 Å². The van der Waals surface area contributed by atoms with E-state index in [1.807, 2.05) is 81.7 Å².